The molecule has 1 rings (SSSR count). The van der Waals surface area contributed by atoms with Crippen molar-refractivity contribution in [2.45, 2.75) is 26.3 Å². The number of hydrogen-bond donors (Lipinski definition) is 1. The molecule has 3 heteroatoms. The Hall–Kier alpha value is -1.06. The fourth-order valence-corrected chi connectivity index (χ4v) is 2.12. The van der Waals surface area contributed by atoms with Crippen molar-refractivity contribution in [2.75, 3.05) is 34.3 Å². The number of rotatable bonds is 7. The van der Waals surface area contributed by atoms with Crippen LogP contribution >= 0.6 is 0 Å². The van der Waals surface area contributed by atoms with E-state index in [1.54, 1.807) is 7.11 Å². The monoisotopic (exact) mass is 250 g/mol. The standard InChI is InChI=1S/C15H26N2O/c1-12-7-8-15(18-5)14(11-12)13(2)17(4)10-6-9-16-3/h7-8,11,13,16H,6,9-10H2,1-5H3. The molecule has 1 N–H and O–H groups in total. The average molecular weight is 250 g/mol. The molecule has 0 fully saturated rings. The molecule has 0 spiro atoms. The molecule has 102 valence electrons. The molecule has 0 saturated heterocycles. The van der Waals surface area contributed by atoms with Crippen molar-refractivity contribution in [3.8, 4) is 5.75 Å². The molecule has 0 radical (unpaired) electrons. The number of nitrogens with one attached hydrogen (secondary N) is 1. The van der Waals surface area contributed by atoms with E-state index in [1.165, 1.54) is 11.1 Å². The lowest BCUT2D eigenvalue weighted by Crippen LogP contribution is -2.26. The zero-order valence-electron chi connectivity index (χ0n) is 12.3. The molecule has 0 saturated carbocycles. The topological polar surface area (TPSA) is 24.5 Å². The van der Waals surface area contributed by atoms with Crippen molar-refractivity contribution < 1.29 is 4.74 Å². The fourth-order valence-electron chi connectivity index (χ4n) is 2.12. The normalized spacial score (nSPS) is 12.8. The van der Waals surface area contributed by atoms with Gasteiger partial charge in [-0.15, -0.1) is 0 Å². The Morgan fingerprint density at radius 2 is 2.11 bits per heavy atom. The molecule has 1 aromatic carbocycles. The number of hydrogen-bond acceptors (Lipinski definition) is 3. The molecule has 0 aliphatic heterocycles. The summed E-state index contributed by atoms with van der Waals surface area (Å²) in [7, 11) is 5.90. The Kier molecular flexibility index (Phi) is 6.16. The molecule has 1 aromatic rings. The van der Waals surface area contributed by atoms with E-state index in [-0.39, 0.29) is 0 Å². The third-order valence-electron chi connectivity index (χ3n) is 3.43. The molecule has 0 aromatic heterocycles. The highest BCUT2D eigenvalue weighted by Gasteiger charge is 2.15. The maximum absolute atomic E-state index is 5.46. The summed E-state index contributed by atoms with van der Waals surface area (Å²) in [6.45, 7) is 6.49. The summed E-state index contributed by atoms with van der Waals surface area (Å²) >= 11 is 0. The predicted octanol–water partition coefficient (Wildman–Crippen LogP) is 2.61. The largest absolute Gasteiger partial charge is 0.496 e. The van der Waals surface area contributed by atoms with Gasteiger partial charge in [0.2, 0.25) is 0 Å². The zero-order valence-corrected chi connectivity index (χ0v) is 12.3. The molecule has 0 aliphatic carbocycles. The van der Waals surface area contributed by atoms with Gasteiger partial charge in [0.15, 0.2) is 0 Å². The van der Waals surface area contributed by atoms with Gasteiger partial charge in [-0.25, -0.2) is 0 Å². The number of aryl methyl sites for hydroxylation is 1. The summed E-state index contributed by atoms with van der Waals surface area (Å²) in [6, 6.07) is 6.74. The minimum atomic E-state index is 0.372. The highest BCUT2D eigenvalue weighted by atomic mass is 16.5. The highest BCUT2D eigenvalue weighted by Crippen LogP contribution is 2.29. The van der Waals surface area contributed by atoms with Crippen LogP contribution in [0.1, 0.15) is 30.5 Å². The second-order valence-corrected chi connectivity index (χ2v) is 4.86. The fraction of sp³-hybridized carbons (Fsp3) is 0.600. The van der Waals surface area contributed by atoms with Gasteiger partial charge >= 0.3 is 0 Å². The number of methoxy groups -OCH3 is 1. The summed E-state index contributed by atoms with van der Waals surface area (Å²) < 4.78 is 5.46. The third kappa shape index (κ3) is 4.00. The molecule has 0 heterocycles. The van der Waals surface area contributed by atoms with Crippen LogP contribution < -0.4 is 10.1 Å². The Balaban J connectivity index is 2.75. The molecule has 1 unspecified atom stereocenters. The highest BCUT2D eigenvalue weighted by molar-refractivity contribution is 5.38. The van der Waals surface area contributed by atoms with E-state index in [9.17, 15) is 0 Å². The summed E-state index contributed by atoms with van der Waals surface area (Å²) in [5, 5.41) is 3.18. The van der Waals surface area contributed by atoms with Crippen LogP contribution in [0.4, 0.5) is 0 Å². The summed E-state index contributed by atoms with van der Waals surface area (Å²) in [6.07, 6.45) is 1.16. The summed E-state index contributed by atoms with van der Waals surface area (Å²) in [5.74, 6) is 0.980. The lowest BCUT2D eigenvalue weighted by atomic mass is 10.0. The molecular formula is C15H26N2O. The summed E-state index contributed by atoms with van der Waals surface area (Å²) in [5.41, 5.74) is 2.55. The molecule has 0 amide bonds. The molecule has 0 bridgehead atoms. The molecule has 1 atom stereocenters. The minimum Gasteiger partial charge on any atom is -0.496 e. The van der Waals surface area contributed by atoms with Gasteiger partial charge in [0.1, 0.15) is 5.75 Å². The van der Waals surface area contributed by atoms with Gasteiger partial charge in [-0.1, -0.05) is 17.7 Å². The maximum Gasteiger partial charge on any atom is 0.123 e. The van der Waals surface area contributed by atoms with Crippen LogP contribution in [-0.4, -0.2) is 39.2 Å². The average Bonchev–Trinajstić information content (AvgIpc) is 2.38. The van der Waals surface area contributed by atoms with Crippen LogP contribution in [-0.2, 0) is 0 Å². The maximum atomic E-state index is 5.46. The van der Waals surface area contributed by atoms with Crippen LogP contribution in [0.25, 0.3) is 0 Å². The molecular weight excluding hydrogens is 224 g/mol. The minimum absolute atomic E-state index is 0.372. The van der Waals surface area contributed by atoms with E-state index < -0.39 is 0 Å². The SMILES string of the molecule is CNCCCN(C)C(C)c1cc(C)ccc1OC. The molecule has 18 heavy (non-hydrogen) atoms. The smallest absolute Gasteiger partial charge is 0.123 e. The first-order valence-corrected chi connectivity index (χ1v) is 6.59. The van der Waals surface area contributed by atoms with Gasteiger partial charge in [-0.3, -0.25) is 4.90 Å². The van der Waals surface area contributed by atoms with E-state index in [1.807, 2.05) is 7.05 Å². The van der Waals surface area contributed by atoms with Crippen LogP contribution in [0.15, 0.2) is 18.2 Å². The lowest BCUT2D eigenvalue weighted by molar-refractivity contribution is 0.252. The van der Waals surface area contributed by atoms with Gasteiger partial charge in [0.05, 0.1) is 7.11 Å². The number of ether oxygens (including phenoxy) is 1. The second-order valence-electron chi connectivity index (χ2n) is 4.86. The number of benzene rings is 1. The van der Waals surface area contributed by atoms with Crippen molar-refractivity contribution in [1.82, 2.24) is 10.2 Å². The van der Waals surface area contributed by atoms with Crippen molar-refractivity contribution >= 4 is 0 Å². The van der Waals surface area contributed by atoms with Gasteiger partial charge in [-0.2, -0.15) is 0 Å². The van der Waals surface area contributed by atoms with Crippen molar-refractivity contribution in [3.63, 3.8) is 0 Å². The quantitative estimate of drug-likeness (QED) is 0.753. The van der Waals surface area contributed by atoms with Gasteiger partial charge in [0.25, 0.3) is 0 Å². The van der Waals surface area contributed by atoms with Crippen LogP contribution in [0.5, 0.6) is 5.75 Å². The Morgan fingerprint density at radius 1 is 1.39 bits per heavy atom. The Labute approximate surface area is 111 Å². The molecule has 3 nitrogen and oxygen atoms in total. The lowest BCUT2D eigenvalue weighted by Gasteiger charge is -2.26. The van der Waals surface area contributed by atoms with E-state index in [4.69, 9.17) is 4.74 Å². The summed E-state index contributed by atoms with van der Waals surface area (Å²) in [4.78, 5) is 2.37. The van der Waals surface area contributed by atoms with Crippen molar-refractivity contribution in [2.24, 2.45) is 0 Å². The predicted molar refractivity (Wildman–Crippen MR) is 77.3 cm³/mol. The van der Waals surface area contributed by atoms with E-state index in [2.05, 4.69) is 49.3 Å². The Morgan fingerprint density at radius 3 is 2.72 bits per heavy atom. The second kappa shape index (κ2) is 7.39. The first kappa shape index (κ1) is 15.0. The van der Waals surface area contributed by atoms with E-state index >= 15 is 0 Å². The van der Waals surface area contributed by atoms with Crippen LogP contribution in [0.3, 0.4) is 0 Å². The van der Waals surface area contributed by atoms with Crippen LogP contribution in [0.2, 0.25) is 0 Å². The van der Waals surface area contributed by atoms with Crippen LogP contribution in [0, 0.1) is 6.92 Å². The van der Waals surface area contributed by atoms with E-state index in [0.29, 0.717) is 6.04 Å². The third-order valence-corrected chi connectivity index (χ3v) is 3.43. The van der Waals surface area contributed by atoms with Gasteiger partial charge < -0.3 is 10.1 Å². The van der Waals surface area contributed by atoms with Crippen molar-refractivity contribution in [1.29, 1.82) is 0 Å². The first-order valence-electron chi connectivity index (χ1n) is 6.59. The van der Waals surface area contributed by atoms with Gasteiger partial charge in [-0.05, 0) is 53.5 Å². The Bertz CT molecular complexity index is 366. The van der Waals surface area contributed by atoms with E-state index in [0.717, 1.165) is 25.3 Å². The zero-order chi connectivity index (χ0) is 13.5. The first-order chi connectivity index (χ1) is 8.60. The molecule has 0 aliphatic rings. The van der Waals surface area contributed by atoms with Gasteiger partial charge in [0, 0.05) is 11.6 Å². The van der Waals surface area contributed by atoms with Crippen molar-refractivity contribution in [3.05, 3.63) is 29.3 Å². The number of nitrogens with zero attached hydrogens (tertiary/aromatic N) is 1.